The Morgan fingerprint density at radius 1 is 0.517 bits per heavy atom. The van der Waals surface area contributed by atoms with E-state index in [1.54, 1.807) is 0 Å². The maximum Gasteiger partial charge on any atom is 0.438 e. The molecule has 2 unspecified atom stereocenters. The molecule has 0 bridgehead atoms. The van der Waals surface area contributed by atoms with Crippen LogP contribution < -0.4 is 5.76 Å². The van der Waals surface area contributed by atoms with Crippen molar-refractivity contribution in [1.29, 1.82) is 0 Å². The van der Waals surface area contributed by atoms with Crippen LogP contribution in [0.15, 0.2) is 9.32 Å². The topological polar surface area (TPSA) is 138 Å². The van der Waals surface area contributed by atoms with Gasteiger partial charge in [0.2, 0.25) is 0 Å². The van der Waals surface area contributed by atoms with Crippen LogP contribution in [-0.4, -0.2) is 47.4 Å². The summed E-state index contributed by atoms with van der Waals surface area (Å²) in [6, 6.07) is 0. The lowest BCUT2D eigenvalue weighted by molar-refractivity contribution is -0.151. The van der Waals surface area contributed by atoms with Crippen LogP contribution in [0.4, 0.5) is 0 Å². The number of ether oxygens (including phenoxy) is 3. The first-order valence-corrected chi connectivity index (χ1v) is 24.4. The van der Waals surface area contributed by atoms with Crippen molar-refractivity contribution >= 4 is 17.9 Å². The van der Waals surface area contributed by atoms with Crippen molar-refractivity contribution in [3.63, 3.8) is 0 Å². The number of nitrogens with one attached hydrogen (secondary N) is 1. The van der Waals surface area contributed by atoms with E-state index in [9.17, 15) is 19.2 Å². The van der Waals surface area contributed by atoms with Gasteiger partial charge in [-0.3, -0.25) is 23.9 Å². The van der Waals surface area contributed by atoms with E-state index in [1.165, 1.54) is 103 Å². The Balaban J connectivity index is 2.55. The van der Waals surface area contributed by atoms with Crippen molar-refractivity contribution < 1.29 is 33.1 Å². The molecule has 0 aliphatic rings. The van der Waals surface area contributed by atoms with Crippen molar-refractivity contribution in [1.82, 2.24) is 10.1 Å². The first-order chi connectivity index (χ1) is 28.3. The lowest BCUT2D eigenvalue weighted by Gasteiger charge is -2.19. The van der Waals surface area contributed by atoms with Gasteiger partial charge in [-0.2, -0.15) is 0 Å². The zero-order valence-corrected chi connectivity index (χ0v) is 37.9. The minimum Gasteiger partial charge on any atom is -0.465 e. The molecule has 58 heavy (non-hydrogen) atoms. The molecule has 2 atom stereocenters. The SMILES string of the molecule is CCCCCCCCC(CCCCCC)C(=O)OCCCCCC(CCCCCOC(=O)C(CCCCCC)CCCCCCCC)OC(=O)CCc1noc(=O)[nH]1. The number of aromatic nitrogens is 2. The van der Waals surface area contributed by atoms with Gasteiger partial charge >= 0.3 is 23.7 Å². The highest BCUT2D eigenvalue weighted by atomic mass is 16.5. The number of aryl methyl sites for hydroxylation is 1. The fraction of sp³-hybridized carbons (Fsp3) is 0.896. The van der Waals surface area contributed by atoms with Crippen molar-refractivity contribution in [2.45, 2.75) is 252 Å². The van der Waals surface area contributed by atoms with Crippen LogP contribution in [0.3, 0.4) is 0 Å². The predicted molar refractivity (Wildman–Crippen MR) is 235 cm³/mol. The van der Waals surface area contributed by atoms with Crippen LogP contribution in [0.5, 0.6) is 0 Å². The molecule has 0 spiro atoms. The molecule has 10 heteroatoms. The van der Waals surface area contributed by atoms with Gasteiger partial charge in [0, 0.05) is 6.42 Å². The normalized spacial score (nSPS) is 13.0. The van der Waals surface area contributed by atoms with E-state index in [2.05, 4.69) is 42.4 Å². The third-order valence-electron chi connectivity index (χ3n) is 11.5. The van der Waals surface area contributed by atoms with E-state index in [0.29, 0.717) is 19.0 Å². The van der Waals surface area contributed by atoms with Gasteiger partial charge in [-0.1, -0.05) is 161 Å². The summed E-state index contributed by atoms with van der Waals surface area (Å²) in [4.78, 5) is 52.7. The predicted octanol–water partition coefficient (Wildman–Crippen LogP) is 13.1. The molecule has 0 saturated heterocycles. The zero-order valence-electron chi connectivity index (χ0n) is 37.9. The Morgan fingerprint density at radius 2 is 0.879 bits per heavy atom. The summed E-state index contributed by atoms with van der Waals surface area (Å²) >= 11 is 0. The molecular formula is C48H88N2O8. The molecule has 1 heterocycles. The summed E-state index contributed by atoms with van der Waals surface area (Å²) in [6.07, 6.45) is 34.4. The molecule has 338 valence electrons. The van der Waals surface area contributed by atoms with Gasteiger partial charge in [-0.15, -0.1) is 0 Å². The van der Waals surface area contributed by atoms with Crippen molar-refractivity contribution in [2.75, 3.05) is 13.2 Å². The molecular weight excluding hydrogens is 733 g/mol. The molecule has 1 rings (SSSR count). The fourth-order valence-electron chi connectivity index (χ4n) is 7.72. The van der Waals surface area contributed by atoms with Gasteiger partial charge in [0.15, 0.2) is 5.82 Å². The molecule has 0 aliphatic carbocycles. The number of hydrogen-bond acceptors (Lipinski definition) is 9. The molecule has 0 saturated carbocycles. The minimum absolute atomic E-state index is 0.00695. The number of carbonyl (C=O) groups is 3. The van der Waals surface area contributed by atoms with Gasteiger partial charge in [-0.25, -0.2) is 4.79 Å². The Hall–Kier alpha value is -2.65. The van der Waals surface area contributed by atoms with E-state index in [0.717, 1.165) is 103 Å². The Kier molecular flexibility index (Phi) is 35.5. The first kappa shape index (κ1) is 53.4. The lowest BCUT2D eigenvalue weighted by Crippen LogP contribution is -2.20. The molecule has 0 fully saturated rings. The molecule has 1 aromatic heterocycles. The second-order valence-electron chi connectivity index (χ2n) is 16.9. The highest BCUT2D eigenvalue weighted by Crippen LogP contribution is 2.23. The summed E-state index contributed by atoms with van der Waals surface area (Å²) in [5, 5.41) is 3.65. The van der Waals surface area contributed by atoms with E-state index >= 15 is 0 Å². The molecule has 10 nitrogen and oxygen atoms in total. The second kappa shape index (κ2) is 38.5. The minimum atomic E-state index is -0.641. The van der Waals surface area contributed by atoms with Crippen LogP contribution in [0, 0.1) is 11.8 Å². The fourth-order valence-corrected chi connectivity index (χ4v) is 7.72. The van der Waals surface area contributed by atoms with Gasteiger partial charge in [0.25, 0.3) is 0 Å². The van der Waals surface area contributed by atoms with Crippen molar-refractivity contribution in [3.05, 3.63) is 16.4 Å². The molecule has 0 radical (unpaired) electrons. The second-order valence-corrected chi connectivity index (χ2v) is 16.9. The molecule has 0 amide bonds. The average Bonchev–Trinajstić information content (AvgIpc) is 3.64. The largest absolute Gasteiger partial charge is 0.465 e. The van der Waals surface area contributed by atoms with Crippen molar-refractivity contribution in [2.24, 2.45) is 11.8 Å². The maximum atomic E-state index is 13.1. The first-order valence-electron chi connectivity index (χ1n) is 24.4. The van der Waals surface area contributed by atoms with Crippen LogP contribution in [-0.2, 0) is 35.0 Å². The quantitative estimate of drug-likeness (QED) is 0.0388. The molecule has 0 aliphatic heterocycles. The number of esters is 3. The number of nitrogens with zero attached hydrogens (tertiary/aromatic N) is 1. The summed E-state index contributed by atoms with van der Waals surface area (Å²) in [6.45, 7) is 9.75. The summed E-state index contributed by atoms with van der Waals surface area (Å²) in [7, 11) is 0. The van der Waals surface area contributed by atoms with E-state index in [4.69, 9.17) is 14.2 Å². The van der Waals surface area contributed by atoms with E-state index in [-0.39, 0.29) is 48.7 Å². The Morgan fingerprint density at radius 3 is 1.28 bits per heavy atom. The standard InChI is InChI=1S/C48H88N2O8/c1-5-9-13-17-19-25-33-41(31-23-15-11-7-3)46(52)55-39-29-21-27-35-43(57-45(51)38-37-44-49-48(54)58-50-44)36-28-22-30-40-56-47(53)42(32-24-16-12-8-4)34-26-20-18-14-10-6-2/h41-43H,5-40H2,1-4H3,(H,49,50,54). The summed E-state index contributed by atoms with van der Waals surface area (Å²) < 4.78 is 22.1. The van der Waals surface area contributed by atoms with Crippen molar-refractivity contribution in [3.8, 4) is 0 Å². The Bertz CT molecular complexity index is 1110. The number of hydrogen-bond donors (Lipinski definition) is 1. The monoisotopic (exact) mass is 821 g/mol. The molecule has 0 aromatic carbocycles. The Labute approximate surface area is 353 Å². The number of carbonyl (C=O) groups excluding carboxylic acids is 3. The number of aromatic amines is 1. The third-order valence-corrected chi connectivity index (χ3v) is 11.5. The van der Waals surface area contributed by atoms with E-state index < -0.39 is 5.76 Å². The number of rotatable bonds is 42. The highest BCUT2D eigenvalue weighted by Gasteiger charge is 2.21. The molecule has 1 N–H and O–H groups in total. The molecule has 1 aromatic rings. The zero-order chi connectivity index (χ0) is 42.3. The smallest absolute Gasteiger partial charge is 0.438 e. The maximum absolute atomic E-state index is 13.1. The van der Waals surface area contributed by atoms with Crippen LogP contribution in [0.25, 0.3) is 0 Å². The third kappa shape index (κ3) is 30.4. The van der Waals surface area contributed by atoms with Gasteiger partial charge < -0.3 is 14.2 Å². The number of unbranched alkanes of at least 4 members (excludes halogenated alkanes) is 20. The van der Waals surface area contributed by atoms with Gasteiger partial charge in [0.05, 0.1) is 31.5 Å². The van der Waals surface area contributed by atoms with Crippen LogP contribution >= 0.6 is 0 Å². The summed E-state index contributed by atoms with van der Waals surface area (Å²) in [5.41, 5.74) is 0. The average molecular weight is 821 g/mol. The van der Waals surface area contributed by atoms with Crippen LogP contribution in [0.1, 0.15) is 245 Å². The van der Waals surface area contributed by atoms with E-state index in [1.807, 2.05) is 0 Å². The highest BCUT2D eigenvalue weighted by molar-refractivity contribution is 5.72. The van der Waals surface area contributed by atoms with Gasteiger partial charge in [0.1, 0.15) is 6.10 Å². The summed E-state index contributed by atoms with van der Waals surface area (Å²) in [5.74, 6) is -0.693. The van der Waals surface area contributed by atoms with Crippen LogP contribution in [0.2, 0.25) is 0 Å². The van der Waals surface area contributed by atoms with Gasteiger partial charge in [-0.05, 0) is 77.0 Å². The number of H-pyrrole nitrogens is 1. The lowest BCUT2D eigenvalue weighted by atomic mass is 9.94.